The molecule has 0 N–H and O–H groups in total. The quantitative estimate of drug-likeness (QED) is 0.628. The Balaban J connectivity index is 1.97. The summed E-state index contributed by atoms with van der Waals surface area (Å²) in [5.74, 6) is 0.163. The number of hydrogen-bond donors (Lipinski definition) is 0. The fraction of sp³-hybridized carbons (Fsp3) is 0.353. The molecule has 2 aromatic heterocycles. The molecule has 1 fully saturated rings. The molecule has 0 saturated carbocycles. The lowest BCUT2D eigenvalue weighted by molar-refractivity contribution is -0.136. The van der Waals surface area contributed by atoms with E-state index >= 15 is 0 Å². The number of hydrogen-bond acceptors (Lipinski definition) is 3. The van der Waals surface area contributed by atoms with Gasteiger partial charge in [0, 0.05) is 18.8 Å². The number of amides is 1. The molecule has 1 aliphatic heterocycles. The summed E-state index contributed by atoms with van der Waals surface area (Å²) in [7, 11) is 0. The lowest BCUT2D eigenvalue weighted by atomic mass is 10.2. The van der Waals surface area contributed by atoms with Crippen LogP contribution in [0.3, 0.4) is 0 Å². The van der Waals surface area contributed by atoms with Crippen LogP contribution in [0, 0.1) is 0 Å². The Kier molecular flexibility index (Phi) is 4.61. The minimum absolute atomic E-state index is 0.190. The highest BCUT2D eigenvalue weighted by Gasteiger charge is 2.37. The van der Waals surface area contributed by atoms with Gasteiger partial charge in [-0.05, 0) is 31.9 Å². The third-order valence-electron chi connectivity index (χ3n) is 4.14. The first-order chi connectivity index (χ1) is 11.9. The summed E-state index contributed by atoms with van der Waals surface area (Å²) in [6.45, 7) is 2.38. The Morgan fingerprint density at radius 3 is 2.84 bits per heavy atom. The Bertz CT molecular complexity index is 838. The second-order valence-electron chi connectivity index (χ2n) is 5.75. The average molecular weight is 350 g/mol. The summed E-state index contributed by atoms with van der Waals surface area (Å²) in [5.41, 5.74) is -1.08. The summed E-state index contributed by atoms with van der Waals surface area (Å²) in [6, 6.07) is 1.90. The highest BCUT2D eigenvalue weighted by molar-refractivity contribution is 5.88. The zero-order valence-electron chi connectivity index (χ0n) is 13.6. The number of halogens is 3. The van der Waals surface area contributed by atoms with E-state index in [0.29, 0.717) is 18.8 Å². The van der Waals surface area contributed by atoms with Gasteiger partial charge in [0.05, 0.1) is 6.04 Å². The van der Waals surface area contributed by atoms with Crippen molar-refractivity contribution in [1.82, 2.24) is 19.5 Å². The summed E-state index contributed by atoms with van der Waals surface area (Å²) < 4.78 is 40.7. The molecule has 1 atom stereocenters. The van der Waals surface area contributed by atoms with Crippen molar-refractivity contribution in [1.29, 1.82) is 0 Å². The number of allylic oxidation sites excluding steroid dienone is 3. The monoisotopic (exact) mass is 350 g/mol. The van der Waals surface area contributed by atoms with Crippen LogP contribution in [0.2, 0.25) is 0 Å². The first-order valence-electron chi connectivity index (χ1n) is 7.94. The Morgan fingerprint density at radius 1 is 1.32 bits per heavy atom. The number of nitrogens with zero attached hydrogens (tertiary/aromatic N) is 4. The van der Waals surface area contributed by atoms with Crippen molar-refractivity contribution in [2.75, 3.05) is 6.54 Å². The molecule has 2 aromatic rings. The van der Waals surface area contributed by atoms with Gasteiger partial charge in [-0.15, -0.1) is 10.2 Å². The molecule has 3 rings (SSSR count). The Morgan fingerprint density at radius 2 is 2.12 bits per heavy atom. The van der Waals surface area contributed by atoms with Gasteiger partial charge in [0.25, 0.3) is 0 Å². The van der Waals surface area contributed by atoms with Crippen LogP contribution in [0.4, 0.5) is 13.2 Å². The van der Waals surface area contributed by atoms with Gasteiger partial charge in [0.15, 0.2) is 11.5 Å². The second kappa shape index (κ2) is 6.70. The molecular weight excluding hydrogens is 333 g/mol. The predicted octanol–water partition coefficient (Wildman–Crippen LogP) is 3.54. The van der Waals surface area contributed by atoms with Crippen molar-refractivity contribution >= 4 is 11.6 Å². The highest BCUT2D eigenvalue weighted by atomic mass is 19.4. The molecule has 1 amide bonds. The Labute approximate surface area is 142 Å². The normalized spacial score (nSPS) is 18.9. The molecule has 3 heterocycles. The largest absolute Gasteiger partial charge is 0.420 e. The fourth-order valence-corrected chi connectivity index (χ4v) is 3.03. The van der Waals surface area contributed by atoms with E-state index < -0.39 is 11.7 Å². The third kappa shape index (κ3) is 3.29. The third-order valence-corrected chi connectivity index (χ3v) is 4.14. The SMILES string of the molecule is C/C=C/C=C/C(=O)N1CCCC1c1nnc2c(C(F)(F)F)cccn12. The van der Waals surface area contributed by atoms with E-state index in [-0.39, 0.29) is 17.6 Å². The van der Waals surface area contributed by atoms with Crippen molar-refractivity contribution < 1.29 is 18.0 Å². The van der Waals surface area contributed by atoms with Gasteiger partial charge in [-0.1, -0.05) is 18.2 Å². The predicted molar refractivity (Wildman–Crippen MR) is 85.6 cm³/mol. The van der Waals surface area contributed by atoms with Gasteiger partial charge in [-0.2, -0.15) is 13.2 Å². The van der Waals surface area contributed by atoms with Crippen molar-refractivity contribution in [3.05, 3.63) is 54.0 Å². The van der Waals surface area contributed by atoms with Gasteiger partial charge >= 0.3 is 6.18 Å². The maximum atomic E-state index is 13.1. The lowest BCUT2D eigenvalue weighted by Crippen LogP contribution is -2.30. The molecule has 0 bridgehead atoms. The standard InChI is InChI=1S/C17H17F3N4O/c1-2-3-4-9-14(25)23-10-6-8-13(23)16-22-21-15-12(17(18,19)20)7-5-11-24(15)16/h2-5,7,9,11,13H,6,8,10H2,1H3/b3-2+,9-4+. The van der Waals surface area contributed by atoms with Gasteiger partial charge in [-0.3, -0.25) is 9.20 Å². The van der Waals surface area contributed by atoms with Crippen LogP contribution in [0.5, 0.6) is 0 Å². The van der Waals surface area contributed by atoms with Gasteiger partial charge in [0.1, 0.15) is 5.56 Å². The van der Waals surface area contributed by atoms with Crippen LogP contribution in [0.25, 0.3) is 5.65 Å². The summed E-state index contributed by atoms with van der Waals surface area (Å²) in [4.78, 5) is 14.0. The number of aromatic nitrogens is 3. The van der Waals surface area contributed by atoms with E-state index in [1.54, 1.807) is 23.1 Å². The van der Waals surface area contributed by atoms with E-state index in [1.165, 1.54) is 22.7 Å². The number of likely N-dealkylation sites (tertiary alicyclic amines) is 1. The van der Waals surface area contributed by atoms with Gasteiger partial charge < -0.3 is 4.90 Å². The van der Waals surface area contributed by atoms with E-state index in [1.807, 2.05) is 6.92 Å². The van der Waals surface area contributed by atoms with Crippen molar-refractivity contribution in [2.24, 2.45) is 0 Å². The maximum Gasteiger partial charge on any atom is 0.420 e. The van der Waals surface area contributed by atoms with E-state index in [0.717, 1.165) is 12.5 Å². The topological polar surface area (TPSA) is 50.5 Å². The summed E-state index contributed by atoms with van der Waals surface area (Å²) in [5, 5.41) is 7.69. The summed E-state index contributed by atoms with van der Waals surface area (Å²) >= 11 is 0. The average Bonchev–Trinajstić information content (AvgIpc) is 3.19. The molecular formula is C17H17F3N4O. The van der Waals surface area contributed by atoms with Crippen molar-refractivity contribution in [2.45, 2.75) is 32.0 Å². The first-order valence-corrected chi connectivity index (χ1v) is 7.94. The molecule has 0 spiro atoms. The maximum absolute atomic E-state index is 13.1. The fourth-order valence-electron chi connectivity index (χ4n) is 3.03. The minimum atomic E-state index is -4.51. The summed E-state index contributed by atoms with van der Waals surface area (Å²) in [6.07, 6.45) is 5.02. The van der Waals surface area contributed by atoms with Crippen LogP contribution < -0.4 is 0 Å². The van der Waals surface area contributed by atoms with Crippen molar-refractivity contribution in [3.63, 3.8) is 0 Å². The molecule has 5 nitrogen and oxygen atoms in total. The zero-order chi connectivity index (χ0) is 18.0. The minimum Gasteiger partial charge on any atom is -0.329 e. The lowest BCUT2D eigenvalue weighted by Gasteiger charge is -2.22. The number of rotatable bonds is 3. The molecule has 132 valence electrons. The molecule has 25 heavy (non-hydrogen) atoms. The van der Waals surface area contributed by atoms with Crippen LogP contribution >= 0.6 is 0 Å². The molecule has 1 saturated heterocycles. The second-order valence-corrected chi connectivity index (χ2v) is 5.75. The van der Waals surface area contributed by atoms with Crippen LogP contribution in [-0.2, 0) is 11.0 Å². The van der Waals surface area contributed by atoms with Crippen LogP contribution in [-0.4, -0.2) is 31.9 Å². The van der Waals surface area contributed by atoms with Crippen molar-refractivity contribution in [3.8, 4) is 0 Å². The Hall–Kier alpha value is -2.64. The number of pyridine rings is 1. The molecule has 8 heteroatoms. The molecule has 0 aromatic carbocycles. The number of carbonyl (C=O) groups is 1. The molecule has 1 aliphatic rings. The first kappa shape index (κ1) is 17.2. The molecule has 0 aliphatic carbocycles. The van der Waals surface area contributed by atoms with Crippen LogP contribution in [0.15, 0.2) is 42.6 Å². The highest BCUT2D eigenvalue weighted by Crippen LogP contribution is 2.35. The van der Waals surface area contributed by atoms with Crippen LogP contribution in [0.1, 0.15) is 37.2 Å². The molecule has 1 unspecified atom stereocenters. The van der Waals surface area contributed by atoms with Gasteiger partial charge in [0.2, 0.25) is 5.91 Å². The number of fused-ring (bicyclic) bond motifs is 1. The zero-order valence-corrected chi connectivity index (χ0v) is 13.6. The number of alkyl halides is 3. The van der Waals surface area contributed by atoms with E-state index in [9.17, 15) is 18.0 Å². The number of carbonyl (C=O) groups excluding carboxylic acids is 1. The van der Waals surface area contributed by atoms with E-state index in [2.05, 4.69) is 10.2 Å². The molecule has 0 radical (unpaired) electrons. The van der Waals surface area contributed by atoms with E-state index in [4.69, 9.17) is 0 Å². The van der Waals surface area contributed by atoms with Gasteiger partial charge in [-0.25, -0.2) is 0 Å². The smallest absolute Gasteiger partial charge is 0.329 e.